The van der Waals surface area contributed by atoms with Gasteiger partial charge >= 0.3 is 0 Å². The Morgan fingerprint density at radius 2 is 1.17 bits per heavy atom. The number of allylic oxidation sites excluding steroid dienone is 4. The Bertz CT molecular complexity index is 456. The van der Waals surface area contributed by atoms with E-state index in [1.165, 1.54) is 29.2 Å². The lowest BCUT2D eigenvalue weighted by atomic mass is 9.93. The second-order valence-corrected chi connectivity index (χ2v) is 17.7. The number of hydrogen-bond acceptors (Lipinski definition) is 1. The van der Waals surface area contributed by atoms with Crippen molar-refractivity contribution in [3.05, 3.63) is 21.5 Å². The number of rotatable bonds is 2. The Morgan fingerprint density at radius 3 is 1.61 bits per heavy atom. The van der Waals surface area contributed by atoms with Gasteiger partial charge in [0, 0.05) is 5.57 Å². The molecule has 0 saturated heterocycles. The van der Waals surface area contributed by atoms with E-state index in [9.17, 15) is 4.79 Å². The van der Waals surface area contributed by atoms with E-state index in [-0.39, 0.29) is 0 Å². The monoisotopic (exact) mass is 278 g/mol. The molecular weight excluding hydrogens is 252 g/mol. The lowest BCUT2D eigenvalue weighted by molar-refractivity contribution is -0.111. The first-order chi connectivity index (χ1) is 8.14. The van der Waals surface area contributed by atoms with Crippen molar-refractivity contribution in [1.82, 2.24) is 0 Å². The zero-order valence-electron chi connectivity index (χ0n) is 12.7. The molecule has 2 aliphatic carbocycles. The maximum absolute atomic E-state index is 12.8. The highest BCUT2D eigenvalue weighted by atomic mass is 28.3. The fraction of sp³-hybridized carbons (Fsp3) is 0.667. The third kappa shape index (κ3) is 2.23. The zero-order valence-corrected chi connectivity index (χ0v) is 14.7. The minimum absolute atomic E-state index is 0.446. The van der Waals surface area contributed by atoms with E-state index in [1.54, 1.807) is 5.20 Å². The summed E-state index contributed by atoms with van der Waals surface area (Å²) in [4.78, 5) is 12.8. The van der Waals surface area contributed by atoms with Gasteiger partial charge in [-0.25, -0.2) is 0 Å². The largest absolute Gasteiger partial charge is 0.290 e. The van der Waals surface area contributed by atoms with Gasteiger partial charge in [0.25, 0.3) is 0 Å². The summed E-state index contributed by atoms with van der Waals surface area (Å²) >= 11 is 0. The van der Waals surface area contributed by atoms with E-state index < -0.39 is 16.1 Å². The summed E-state index contributed by atoms with van der Waals surface area (Å²) in [6.45, 7) is 14.2. The van der Waals surface area contributed by atoms with E-state index in [0.717, 1.165) is 12.8 Å². The van der Waals surface area contributed by atoms with Crippen LogP contribution >= 0.6 is 0 Å². The predicted octanol–water partition coefficient (Wildman–Crippen LogP) is 4.49. The molecule has 0 radical (unpaired) electrons. The summed E-state index contributed by atoms with van der Waals surface area (Å²) in [7, 11) is -2.94. The van der Waals surface area contributed by atoms with Crippen LogP contribution in [0.25, 0.3) is 0 Å². The standard InChI is InChI=1S/C15H26OSi2/c1-17(2,3)14-12-10-8-7-9-11(12)13(16)15(14)18(4,5)6/h7-10H2,1-6H3. The van der Waals surface area contributed by atoms with Crippen LogP contribution in [0.4, 0.5) is 0 Å². The second kappa shape index (κ2) is 4.31. The van der Waals surface area contributed by atoms with Crippen molar-refractivity contribution in [2.75, 3.05) is 0 Å². The third-order valence-corrected chi connectivity index (χ3v) is 8.30. The van der Waals surface area contributed by atoms with Gasteiger partial charge < -0.3 is 0 Å². The van der Waals surface area contributed by atoms with Crippen molar-refractivity contribution in [3.63, 3.8) is 0 Å². The van der Waals surface area contributed by atoms with Crippen LogP contribution in [0.1, 0.15) is 25.7 Å². The topological polar surface area (TPSA) is 17.1 Å². The normalized spacial score (nSPS) is 21.8. The molecule has 2 aliphatic rings. The first-order valence-corrected chi connectivity index (χ1v) is 14.2. The van der Waals surface area contributed by atoms with Crippen molar-refractivity contribution < 1.29 is 4.79 Å². The maximum Gasteiger partial charge on any atom is 0.181 e. The minimum atomic E-state index is -1.53. The lowest BCUT2D eigenvalue weighted by Gasteiger charge is -2.28. The molecule has 0 heterocycles. The number of ketones is 1. The predicted molar refractivity (Wildman–Crippen MR) is 84.2 cm³/mol. The van der Waals surface area contributed by atoms with Crippen LogP contribution in [0.3, 0.4) is 0 Å². The molecule has 0 N–H and O–H groups in total. The van der Waals surface area contributed by atoms with Crippen LogP contribution in [0.2, 0.25) is 39.3 Å². The minimum Gasteiger partial charge on any atom is -0.290 e. The van der Waals surface area contributed by atoms with Crippen molar-refractivity contribution in [3.8, 4) is 0 Å². The average Bonchev–Trinajstić information content (AvgIpc) is 2.52. The molecule has 0 aromatic heterocycles. The van der Waals surface area contributed by atoms with Gasteiger partial charge in [0.1, 0.15) is 0 Å². The summed E-state index contributed by atoms with van der Waals surface area (Å²) in [5.41, 5.74) is 2.69. The van der Waals surface area contributed by atoms with E-state index >= 15 is 0 Å². The van der Waals surface area contributed by atoms with Crippen LogP contribution in [0.5, 0.6) is 0 Å². The van der Waals surface area contributed by atoms with E-state index in [2.05, 4.69) is 39.3 Å². The molecule has 0 bridgehead atoms. The van der Waals surface area contributed by atoms with Gasteiger partial charge in [-0.1, -0.05) is 44.5 Å². The molecule has 100 valence electrons. The highest BCUT2D eigenvalue weighted by Gasteiger charge is 2.43. The van der Waals surface area contributed by atoms with Gasteiger partial charge in [0.15, 0.2) is 5.78 Å². The van der Waals surface area contributed by atoms with Crippen LogP contribution in [-0.2, 0) is 4.79 Å². The summed E-state index contributed by atoms with van der Waals surface area (Å²) in [6, 6.07) is 0. The molecule has 0 atom stereocenters. The molecule has 0 amide bonds. The van der Waals surface area contributed by atoms with Crippen molar-refractivity contribution in [2.45, 2.75) is 65.0 Å². The first kappa shape index (κ1) is 14.0. The molecule has 0 aromatic carbocycles. The van der Waals surface area contributed by atoms with E-state index in [4.69, 9.17) is 0 Å². The number of hydrogen-bond donors (Lipinski definition) is 0. The molecule has 0 fully saturated rings. The van der Waals surface area contributed by atoms with Gasteiger partial charge in [0.05, 0.1) is 16.1 Å². The van der Waals surface area contributed by atoms with Crippen LogP contribution in [0, 0.1) is 0 Å². The number of carbonyl (C=O) groups excluding carboxylic acids is 1. The van der Waals surface area contributed by atoms with Crippen LogP contribution < -0.4 is 0 Å². The molecule has 0 unspecified atom stereocenters. The Kier molecular flexibility index (Phi) is 3.35. The second-order valence-electron chi connectivity index (χ2n) is 7.74. The summed E-state index contributed by atoms with van der Waals surface area (Å²) < 4.78 is 0. The van der Waals surface area contributed by atoms with Crippen molar-refractivity contribution in [2.24, 2.45) is 0 Å². The highest BCUT2D eigenvalue weighted by Crippen LogP contribution is 2.45. The smallest absolute Gasteiger partial charge is 0.181 e. The fourth-order valence-corrected chi connectivity index (χ4v) is 9.42. The maximum atomic E-state index is 12.8. The molecule has 0 aliphatic heterocycles. The van der Waals surface area contributed by atoms with Crippen LogP contribution in [-0.4, -0.2) is 21.9 Å². The molecule has 3 heteroatoms. The Labute approximate surface area is 113 Å². The fourth-order valence-electron chi connectivity index (χ4n) is 3.39. The summed E-state index contributed by atoms with van der Waals surface area (Å²) in [5.74, 6) is 0.446. The van der Waals surface area contributed by atoms with Gasteiger partial charge in [-0.3, -0.25) is 4.79 Å². The average molecular weight is 279 g/mol. The number of carbonyl (C=O) groups is 1. The van der Waals surface area contributed by atoms with Crippen molar-refractivity contribution >= 4 is 21.9 Å². The lowest BCUT2D eigenvalue weighted by Crippen LogP contribution is -2.35. The Hall–Kier alpha value is -0.416. The van der Waals surface area contributed by atoms with Gasteiger partial charge in [-0.15, -0.1) is 0 Å². The first-order valence-electron chi connectivity index (χ1n) is 7.16. The summed E-state index contributed by atoms with van der Waals surface area (Å²) in [5, 5.41) is 2.84. The third-order valence-electron chi connectivity index (χ3n) is 4.02. The number of Topliss-reactive ketones (excluding diaryl/α,β-unsaturated/α-hetero) is 1. The van der Waals surface area contributed by atoms with E-state index in [0.29, 0.717) is 5.78 Å². The van der Waals surface area contributed by atoms with E-state index in [1.807, 2.05) is 0 Å². The molecule has 0 saturated carbocycles. The van der Waals surface area contributed by atoms with Gasteiger partial charge in [-0.05, 0) is 36.5 Å². The van der Waals surface area contributed by atoms with Gasteiger partial charge in [0.2, 0.25) is 0 Å². The molecule has 0 spiro atoms. The molecule has 18 heavy (non-hydrogen) atoms. The van der Waals surface area contributed by atoms with Crippen molar-refractivity contribution in [1.29, 1.82) is 0 Å². The zero-order chi connectivity index (χ0) is 13.7. The molecular formula is C15H26OSi2. The quantitative estimate of drug-likeness (QED) is 0.680. The highest BCUT2D eigenvalue weighted by molar-refractivity contribution is 6.93. The van der Waals surface area contributed by atoms with Gasteiger partial charge in [-0.2, -0.15) is 0 Å². The summed E-state index contributed by atoms with van der Waals surface area (Å²) in [6.07, 6.45) is 4.69. The molecule has 2 rings (SSSR count). The Balaban J connectivity index is 2.64. The SMILES string of the molecule is C[Si](C)(C)C1=C([Si](C)(C)C)C2=C(CCCC2)C1=O. The molecule has 0 aromatic rings. The Morgan fingerprint density at radius 1 is 0.722 bits per heavy atom. The molecule has 1 nitrogen and oxygen atoms in total. The van der Waals surface area contributed by atoms with Crippen LogP contribution in [0.15, 0.2) is 21.5 Å².